The molecule has 0 aliphatic carbocycles. The van der Waals surface area contributed by atoms with E-state index in [0.717, 1.165) is 19.7 Å². The van der Waals surface area contributed by atoms with Gasteiger partial charge in [0.2, 0.25) is 0 Å². The predicted molar refractivity (Wildman–Crippen MR) is 112 cm³/mol. The molecule has 0 aliphatic heterocycles. The zero-order chi connectivity index (χ0) is 111. The van der Waals surface area contributed by atoms with Crippen molar-refractivity contribution in [1.82, 2.24) is 0 Å². The molecular weight excluding hydrogens is 2730 g/mol. The zero-order valence-corrected chi connectivity index (χ0v) is 83.6. The quantitative estimate of drug-likeness (QED) is 0.164. The van der Waals surface area contributed by atoms with Crippen LogP contribution in [0.15, 0.2) is 0 Å². The van der Waals surface area contributed by atoms with E-state index in [2.05, 4.69) is 129 Å². The molecule has 0 aliphatic rings. The summed E-state index contributed by atoms with van der Waals surface area (Å²) in [5, 5.41) is 0. The molecule has 0 N–H and O–H groups in total. The smallest absolute Gasteiger partial charge is 0.112 e. The summed E-state index contributed by atoms with van der Waals surface area (Å²) in [5.74, 6) is 2.00. The van der Waals surface area contributed by atoms with E-state index in [-0.39, 0.29) is 31.7 Å². The SMILES string of the molecule is CP(C)C([CH2][Tc+5])OC([CH2][Tc+5])P(C)C.CP(C)C([CH2][Tc+5])OC([CH2][Tc+5])P(C)C.[O-][Cl+3]([O-])([O-])[O-].[O-][Cl+3]([O-])([O-])[O-].[O-][Cl+3]([O-])([O-])[O-].[O-][Cl+3]([O-])([O-])[O-].[O-][Cl+3]([O-])([O-])[O-].[O-][Cl+3]([O-])([O-])[O-].[O-][Cl+3]([O-])([O-])[O-].[O-][Cl+3]([O-])([O-])[O-].[O-][Cl+3]([O-])([O-])[O-].[O-][Cl+3]([O-])([O-])[O-].[O-][Cl+3]([O-])([O-])[O-].[O-][Cl+3]([O-])([O-])[O-].[O-][Cl+3]([O-])([O-])[O-].[O-][Cl+3]([O-])([O-])[O-].[O-][Cl+3]([O-])([O-])[O-].[O-][Cl+3]([O-])([O-])[O-].[O-][Cl+3]([O-])([O-])[O-].[O-][Cl+3]([O-])([O-])[O-].[O-][Cl+3]([O-])([O-])[O-].[O-][Cl+3]([O-])([O-])[O-]. The van der Waals surface area contributed by atoms with Gasteiger partial charge in [0.05, 0.1) is 0 Å². The van der Waals surface area contributed by atoms with Crippen LogP contribution in [-0.4, -0.2) is 76.7 Å². The Balaban J connectivity index is -0.0000000454. The number of halogens is 20. The van der Waals surface area contributed by atoms with Gasteiger partial charge in [-0.2, -0.15) is 0 Å². The van der Waals surface area contributed by atoms with Gasteiger partial charge in [0.1, 0.15) is 0 Å². The molecule has 4 atom stereocenters. The zero-order valence-electron chi connectivity index (χ0n) is 57.5. The van der Waals surface area contributed by atoms with Crippen molar-refractivity contribution in [2.45, 2.75) is 43.1 Å². The minimum absolute atomic E-state index is 0.0503. The Bertz CT molecular complexity index is 1470. The van der Waals surface area contributed by atoms with Gasteiger partial charge < -0.3 is 0 Å². The topological polar surface area (TPSA) is 1860 Å². The molecule has 0 fully saturated rings. The molecule has 0 aromatic carbocycles. The van der Waals surface area contributed by atoms with Gasteiger partial charge >= 0.3 is 213 Å². The molecule has 82 nitrogen and oxygen atoms in total. The number of ether oxygens (including phenoxy) is 2. The second kappa shape index (κ2) is 91.7. The molecule has 0 amide bonds. The van der Waals surface area contributed by atoms with Crippen molar-refractivity contribution < 1.29 is 663 Å². The maximum absolute atomic E-state index is 8.49. The molecule has 0 aromatic heterocycles. The standard InChI is InChI=1S/2C8H18OP2.20ClHO4.4Tc/c2*1-7(10(3)4)9-8(2)11(5)6;20*2-1(3,4)5;;;;/h2*7-8H,1-2H2,3-6H3;20*(H,2,3,4,5);;;;/q;;;;;;;;;;;;;;;;;;;;;;4*+5/p-20. The van der Waals surface area contributed by atoms with Crippen molar-refractivity contribution in [3.63, 3.8) is 0 Å². The molecule has 780 valence electrons. The van der Waals surface area contributed by atoms with Crippen molar-refractivity contribution >= 4 is 31.7 Å². The van der Waals surface area contributed by atoms with Crippen LogP contribution in [-0.2, 0) is 85.1 Å². The molecule has 0 saturated carbocycles. The largest absolute Gasteiger partial charge is 0.222 e. The van der Waals surface area contributed by atoms with E-state index >= 15 is 0 Å². The Morgan fingerprint density at radius 2 is 0.159 bits per heavy atom. The Morgan fingerprint density at radius 3 is 0.175 bits per heavy atom. The van der Waals surface area contributed by atoms with E-state index in [1.54, 1.807) is 0 Å². The third-order valence-electron chi connectivity index (χ3n) is 3.46. The first-order valence-corrected chi connectivity index (χ1v) is 59.8. The third-order valence-corrected chi connectivity index (χ3v) is 14.4. The maximum atomic E-state index is 8.49. The van der Waals surface area contributed by atoms with Crippen LogP contribution in [0.5, 0.6) is 0 Å². The second-order valence-electron chi connectivity index (χ2n) is 14.1. The summed E-state index contributed by atoms with van der Waals surface area (Å²) < 4.78 is 692. The summed E-state index contributed by atoms with van der Waals surface area (Å²) in [6, 6.07) is 0. The van der Waals surface area contributed by atoms with E-state index in [0.29, 0.717) is 23.4 Å². The molecule has 0 bridgehead atoms. The van der Waals surface area contributed by atoms with Gasteiger partial charge in [-0.15, -0.1) is 205 Å². The van der Waals surface area contributed by atoms with Gasteiger partial charge in [-0.05, 0) is 0 Å². The predicted octanol–water partition coefficient (Wildman–Crippen LogP) is -89.0. The van der Waals surface area contributed by atoms with Crippen LogP contribution < -0.4 is 373 Å². The molecule has 0 heterocycles. The molecule has 0 spiro atoms. The molecule has 0 saturated heterocycles. The van der Waals surface area contributed by atoms with Gasteiger partial charge in [-0.3, -0.25) is 0 Å². The van der Waals surface area contributed by atoms with E-state index in [4.69, 9.17) is 382 Å². The van der Waals surface area contributed by atoms with Crippen molar-refractivity contribution in [2.75, 3.05) is 53.3 Å². The first-order valence-electron chi connectivity index (χ1n) is 20.6. The number of hydrogen-bond acceptors (Lipinski definition) is 82. The molecule has 0 aromatic rings. The van der Waals surface area contributed by atoms with Gasteiger partial charge in [0.15, 0.2) is 0 Å². The van der Waals surface area contributed by atoms with Crippen molar-refractivity contribution in [3.05, 3.63) is 0 Å². The van der Waals surface area contributed by atoms with Crippen LogP contribution in [0.4, 0.5) is 0 Å². The molecule has 0 radical (unpaired) electrons. The fourth-order valence-corrected chi connectivity index (χ4v) is 13.3. The van der Waals surface area contributed by atoms with Gasteiger partial charge in [-0.1, -0.05) is 0 Å². The average Bonchev–Trinajstić information content (AvgIpc) is 3.24. The van der Waals surface area contributed by atoms with E-state index in [1.165, 1.54) is 0 Å². The molecular formula is C16H36Cl20O82P4Tc4. The molecule has 126 heavy (non-hydrogen) atoms. The van der Waals surface area contributed by atoms with Gasteiger partial charge in [0.25, 0.3) is 0 Å². The molecule has 4 unspecified atom stereocenters. The summed E-state index contributed by atoms with van der Waals surface area (Å²) in [4.78, 5) is 4.53. The second-order valence-corrected chi connectivity index (χ2v) is 42.3. The van der Waals surface area contributed by atoms with Crippen molar-refractivity contribution in [2.24, 2.45) is 0 Å². The van der Waals surface area contributed by atoms with Gasteiger partial charge in [-0.25, -0.2) is 373 Å². The monoisotopic (exact) mass is 2750 g/mol. The van der Waals surface area contributed by atoms with E-state index in [1.807, 2.05) is 0 Å². The van der Waals surface area contributed by atoms with Crippen LogP contribution >= 0.6 is 31.7 Å². The summed E-state index contributed by atoms with van der Waals surface area (Å²) in [5.41, 5.74) is 0. The Hall–Kier alpha value is 6.84. The van der Waals surface area contributed by atoms with Crippen LogP contribution in [0.2, 0.25) is 19.7 Å². The molecule has 0 rings (SSSR count). The Morgan fingerprint density at radius 1 is 0.127 bits per heavy atom. The first kappa shape index (κ1) is 188. The summed E-state index contributed by atoms with van der Waals surface area (Å²) in [6.45, 7) is 18.4. The van der Waals surface area contributed by atoms with Gasteiger partial charge in [0, 0.05) is 0 Å². The Kier molecular flexibility index (Phi) is 137. The van der Waals surface area contributed by atoms with Crippen LogP contribution in [0.3, 0.4) is 0 Å². The fraction of sp³-hybridized carbons (Fsp3) is 1.00. The molecule has 110 heteroatoms. The summed E-state index contributed by atoms with van der Waals surface area (Å²) in [7, 11) is -98.7. The van der Waals surface area contributed by atoms with Crippen molar-refractivity contribution in [3.8, 4) is 0 Å². The maximum Gasteiger partial charge on any atom is -0.112 e. The number of hydrogen-bond donors (Lipinski definition) is 0. The normalized spacial score (nSPS) is 13.0. The van der Waals surface area contributed by atoms with E-state index < -0.39 is 205 Å². The average molecular weight is 2770 g/mol. The minimum Gasteiger partial charge on any atom is -0.222 e. The fourth-order valence-electron chi connectivity index (χ4n) is 1.55. The summed E-state index contributed by atoms with van der Waals surface area (Å²) >= 11 is 9.74. The van der Waals surface area contributed by atoms with Crippen LogP contribution in [0, 0.1) is 205 Å². The number of rotatable bonds is 12. The summed E-state index contributed by atoms with van der Waals surface area (Å²) in [6.07, 6.45) is 0. The Labute approximate surface area is 783 Å². The van der Waals surface area contributed by atoms with Crippen molar-refractivity contribution in [1.29, 1.82) is 0 Å². The third kappa shape index (κ3) is 1460. The van der Waals surface area contributed by atoms with Crippen LogP contribution in [0.1, 0.15) is 0 Å². The van der Waals surface area contributed by atoms with E-state index in [9.17, 15) is 0 Å². The minimum atomic E-state index is -4.94. The first-order chi connectivity index (χ1) is 52.0. The van der Waals surface area contributed by atoms with Crippen LogP contribution in [0.25, 0.3) is 0 Å².